The Kier molecular flexibility index (Phi) is 5.85. The van der Waals surface area contributed by atoms with Gasteiger partial charge in [0.05, 0.1) is 15.6 Å². The SMILES string of the molecule is O=C(COc1ccc([N+](=O)[O-])cc1Br)N/N=C\c1ccc(O)cc1. The zero-order valence-corrected chi connectivity index (χ0v) is 13.8. The summed E-state index contributed by atoms with van der Waals surface area (Å²) in [7, 11) is 0. The third-order valence-electron chi connectivity index (χ3n) is 2.78. The Bertz CT molecular complexity index is 777. The fourth-order valence-electron chi connectivity index (χ4n) is 1.64. The van der Waals surface area contributed by atoms with Crippen LogP contribution in [0.3, 0.4) is 0 Å². The molecular weight excluding hydrogens is 382 g/mol. The largest absolute Gasteiger partial charge is 0.508 e. The summed E-state index contributed by atoms with van der Waals surface area (Å²) in [5.41, 5.74) is 2.90. The van der Waals surface area contributed by atoms with Gasteiger partial charge in [-0.2, -0.15) is 5.10 Å². The van der Waals surface area contributed by atoms with Crippen molar-refractivity contribution in [1.82, 2.24) is 5.43 Å². The molecule has 0 aliphatic rings. The van der Waals surface area contributed by atoms with Crippen LogP contribution < -0.4 is 10.2 Å². The quantitative estimate of drug-likeness (QED) is 0.444. The van der Waals surface area contributed by atoms with Gasteiger partial charge in [-0.25, -0.2) is 5.43 Å². The monoisotopic (exact) mass is 393 g/mol. The summed E-state index contributed by atoms with van der Waals surface area (Å²) in [6.45, 7) is -0.302. The first-order valence-electron chi connectivity index (χ1n) is 6.63. The maximum Gasteiger partial charge on any atom is 0.277 e. The number of phenolic OH excluding ortho intramolecular Hbond substituents is 1. The van der Waals surface area contributed by atoms with E-state index in [0.717, 1.165) is 0 Å². The van der Waals surface area contributed by atoms with E-state index in [1.54, 1.807) is 12.1 Å². The van der Waals surface area contributed by atoms with Crippen LogP contribution in [0.15, 0.2) is 52.0 Å². The highest BCUT2D eigenvalue weighted by Crippen LogP contribution is 2.28. The van der Waals surface area contributed by atoms with Crippen LogP contribution in [0.2, 0.25) is 0 Å². The zero-order chi connectivity index (χ0) is 17.5. The minimum Gasteiger partial charge on any atom is -0.508 e. The molecule has 8 nitrogen and oxygen atoms in total. The van der Waals surface area contributed by atoms with Gasteiger partial charge < -0.3 is 9.84 Å². The number of carbonyl (C=O) groups is 1. The van der Waals surface area contributed by atoms with Crippen LogP contribution in [0.1, 0.15) is 5.56 Å². The summed E-state index contributed by atoms with van der Waals surface area (Å²) in [4.78, 5) is 21.7. The van der Waals surface area contributed by atoms with E-state index in [9.17, 15) is 14.9 Å². The lowest BCUT2D eigenvalue weighted by molar-refractivity contribution is -0.384. The summed E-state index contributed by atoms with van der Waals surface area (Å²) in [5, 5.41) is 23.5. The van der Waals surface area contributed by atoms with Crippen molar-refractivity contribution in [2.24, 2.45) is 5.10 Å². The van der Waals surface area contributed by atoms with Crippen molar-refractivity contribution in [3.8, 4) is 11.5 Å². The van der Waals surface area contributed by atoms with Gasteiger partial charge in [-0.05, 0) is 51.8 Å². The van der Waals surface area contributed by atoms with E-state index < -0.39 is 10.8 Å². The lowest BCUT2D eigenvalue weighted by Crippen LogP contribution is -2.24. The molecule has 124 valence electrons. The number of benzene rings is 2. The Morgan fingerprint density at radius 3 is 2.67 bits per heavy atom. The van der Waals surface area contributed by atoms with Gasteiger partial charge in [-0.3, -0.25) is 14.9 Å². The summed E-state index contributed by atoms with van der Waals surface area (Å²) in [5.74, 6) is -0.0493. The molecule has 2 rings (SSSR count). The fraction of sp³-hybridized carbons (Fsp3) is 0.0667. The first-order valence-corrected chi connectivity index (χ1v) is 7.42. The average Bonchev–Trinajstić information content (AvgIpc) is 2.55. The lowest BCUT2D eigenvalue weighted by Gasteiger charge is -2.06. The third-order valence-corrected chi connectivity index (χ3v) is 3.40. The number of hydrogen-bond acceptors (Lipinski definition) is 6. The standard InChI is InChI=1S/C15H12BrN3O5/c16-13-7-11(19(22)23)3-6-14(13)24-9-15(21)18-17-8-10-1-4-12(20)5-2-10/h1-8,20H,9H2,(H,18,21)/b17-8-. The second kappa shape index (κ2) is 8.06. The summed E-state index contributed by atoms with van der Waals surface area (Å²) >= 11 is 3.14. The number of rotatable bonds is 6. The maximum absolute atomic E-state index is 11.6. The predicted octanol–water partition coefficient (Wildman–Crippen LogP) is 2.59. The molecule has 2 aromatic carbocycles. The smallest absolute Gasteiger partial charge is 0.277 e. The Labute approximate surface area is 145 Å². The van der Waals surface area contributed by atoms with E-state index in [1.807, 2.05) is 0 Å². The Balaban J connectivity index is 1.85. The molecule has 1 amide bonds. The Morgan fingerprint density at radius 2 is 2.04 bits per heavy atom. The van der Waals surface area contributed by atoms with Crippen molar-refractivity contribution in [1.29, 1.82) is 0 Å². The number of halogens is 1. The van der Waals surface area contributed by atoms with Gasteiger partial charge in [0, 0.05) is 12.1 Å². The molecule has 0 aliphatic heterocycles. The number of aromatic hydroxyl groups is 1. The van der Waals surface area contributed by atoms with Crippen LogP contribution in [0, 0.1) is 10.1 Å². The molecule has 0 aliphatic carbocycles. The number of nitro groups is 1. The van der Waals surface area contributed by atoms with Gasteiger partial charge >= 0.3 is 0 Å². The summed E-state index contributed by atoms with van der Waals surface area (Å²) in [6.07, 6.45) is 1.42. The number of nitro benzene ring substituents is 1. The van der Waals surface area contributed by atoms with Crippen molar-refractivity contribution in [3.05, 3.63) is 62.6 Å². The number of nitrogens with one attached hydrogen (secondary N) is 1. The molecule has 0 fully saturated rings. The minimum atomic E-state index is -0.528. The van der Waals surface area contributed by atoms with Crippen molar-refractivity contribution >= 4 is 33.7 Å². The van der Waals surface area contributed by atoms with Crippen LogP contribution in [-0.4, -0.2) is 28.8 Å². The van der Waals surface area contributed by atoms with Crippen LogP contribution in [0.5, 0.6) is 11.5 Å². The van der Waals surface area contributed by atoms with Crippen LogP contribution in [0.25, 0.3) is 0 Å². The molecule has 9 heteroatoms. The molecule has 0 unspecified atom stereocenters. The molecule has 2 aromatic rings. The van der Waals surface area contributed by atoms with Crippen molar-refractivity contribution in [2.75, 3.05) is 6.61 Å². The highest BCUT2D eigenvalue weighted by atomic mass is 79.9. The fourth-order valence-corrected chi connectivity index (χ4v) is 2.12. The Hall–Kier alpha value is -2.94. The van der Waals surface area contributed by atoms with Gasteiger partial charge in [-0.1, -0.05) is 0 Å². The molecule has 0 radical (unpaired) electrons. The molecule has 0 atom stereocenters. The number of carbonyl (C=O) groups excluding carboxylic acids is 1. The number of ether oxygens (including phenoxy) is 1. The summed E-state index contributed by atoms with van der Waals surface area (Å²) in [6, 6.07) is 10.2. The molecule has 24 heavy (non-hydrogen) atoms. The highest BCUT2D eigenvalue weighted by molar-refractivity contribution is 9.10. The van der Waals surface area contributed by atoms with Crippen LogP contribution in [0.4, 0.5) is 5.69 Å². The van der Waals surface area contributed by atoms with Gasteiger partial charge in [0.15, 0.2) is 6.61 Å². The number of phenols is 1. The van der Waals surface area contributed by atoms with Crippen molar-refractivity contribution in [3.63, 3.8) is 0 Å². The van der Waals surface area contributed by atoms with E-state index in [1.165, 1.54) is 36.5 Å². The number of hydrogen-bond donors (Lipinski definition) is 2. The molecule has 0 aromatic heterocycles. The van der Waals surface area contributed by atoms with E-state index in [2.05, 4.69) is 26.5 Å². The second-order valence-corrected chi connectivity index (χ2v) is 5.40. The molecule has 0 bridgehead atoms. The second-order valence-electron chi connectivity index (χ2n) is 4.55. The summed E-state index contributed by atoms with van der Waals surface area (Å²) < 4.78 is 5.64. The number of nitrogens with zero attached hydrogens (tertiary/aromatic N) is 2. The van der Waals surface area contributed by atoms with Crippen molar-refractivity contribution < 1.29 is 19.6 Å². The van der Waals surface area contributed by atoms with E-state index in [4.69, 9.17) is 9.84 Å². The molecule has 0 heterocycles. The topological polar surface area (TPSA) is 114 Å². The van der Waals surface area contributed by atoms with Crippen LogP contribution >= 0.6 is 15.9 Å². The number of non-ortho nitro benzene ring substituents is 1. The maximum atomic E-state index is 11.6. The minimum absolute atomic E-state index is 0.0859. The first-order chi connectivity index (χ1) is 11.5. The van der Waals surface area contributed by atoms with Gasteiger partial charge in [0.2, 0.25) is 0 Å². The van der Waals surface area contributed by atoms with E-state index in [0.29, 0.717) is 15.8 Å². The van der Waals surface area contributed by atoms with Crippen molar-refractivity contribution in [2.45, 2.75) is 0 Å². The number of amides is 1. The van der Waals surface area contributed by atoms with Gasteiger partial charge in [0.1, 0.15) is 11.5 Å². The van der Waals surface area contributed by atoms with Crippen LogP contribution in [-0.2, 0) is 4.79 Å². The van der Waals surface area contributed by atoms with E-state index in [-0.39, 0.29) is 18.0 Å². The predicted molar refractivity (Wildman–Crippen MR) is 90.1 cm³/mol. The molecule has 0 saturated heterocycles. The normalized spacial score (nSPS) is 10.5. The molecular formula is C15H12BrN3O5. The highest BCUT2D eigenvalue weighted by Gasteiger charge is 2.11. The van der Waals surface area contributed by atoms with Gasteiger partial charge in [0.25, 0.3) is 11.6 Å². The third kappa shape index (κ3) is 5.06. The molecule has 0 saturated carbocycles. The van der Waals surface area contributed by atoms with Gasteiger partial charge in [-0.15, -0.1) is 0 Å². The number of hydrazone groups is 1. The average molecular weight is 394 g/mol. The lowest BCUT2D eigenvalue weighted by atomic mass is 10.2. The Morgan fingerprint density at radius 1 is 1.33 bits per heavy atom. The first kappa shape index (κ1) is 17.4. The molecule has 0 spiro atoms. The van der Waals surface area contributed by atoms with E-state index >= 15 is 0 Å². The molecule has 2 N–H and O–H groups in total. The zero-order valence-electron chi connectivity index (χ0n) is 12.2.